The first-order valence-corrected chi connectivity index (χ1v) is 4.68. The van der Waals surface area contributed by atoms with Gasteiger partial charge in [-0.1, -0.05) is 0 Å². The highest BCUT2D eigenvalue weighted by atomic mass is 16.5. The molecule has 0 amide bonds. The van der Waals surface area contributed by atoms with Crippen LogP contribution in [0.5, 0.6) is 11.5 Å². The molecule has 1 aromatic carbocycles. The lowest BCUT2D eigenvalue weighted by atomic mass is 10.3. The van der Waals surface area contributed by atoms with Crippen LogP contribution in [-0.2, 0) is 4.79 Å². The topological polar surface area (TPSA) is 59.9 Å². The molecule has 0 saturated heterocycles. The van der Waals surface area contributed by atoms with E-state index < -0.39 is 0 Å². The van der Waals surface area contributed by atoms with Crippen LogP contribution in [0, 0.1) is 0 Å². The first-order valence-electron chi connectivity index (χ1n) is 4.68. The number of hydrogen-bond donors (Lipinski definition) is 1. The molecule has 1 N–H and O–H groups in total. The minimum Gasteiger partial charge on any atom is -0.493 e. The molecule has 0 fully saturated rings. The lowest BCUT2D eigenvalue weighted by molar-refractivity contribution is -0.102. The Kier molecular flexibility index (Phi) is 4.32. The second kappa shape index (κ2) is 5.75. The summed E-state index contributed by atoms with van der Waals surface area (Å²) in [7, 11) is 3.13. The number of carbonyl (C=O) groups is 1. The highest BCUT2D eigenvalue weighted by Crippen LogP contribution is 2.29. The summed E-state index contributed by atoms with van der Waals surface area (Å²) in [6.07, 6.45) is 0.674. The van der Waals surface area contributed by atoms with Crippen molar-refractivity contribution >= 4 is 17.7 Å². The fourth-order valence-corrected chi connectivity index (χ4v) is 1.08. The van der Waals surface area contributed by atoms with E-state index in [0.717, 1.165) is 5.69 Å². The highest BCUT2D eigenvalue weighted by molar-refractivity contribution is 6.27. The van der Waals surface area contributed by atoms with Crippen molar-refractivity contribution in [2.45, 2.75) is 6.92 Å². The van der Waals surface area contributed by atoms with Crippen LogP contribution >= 0.6 is 0 Å². The second-order valence-electron chi connectivity index (χ2n) is 3.05. The van der Waals surface area contributed by atoms with E-state index in [2.05, 4.69) is 10.5 Å². The maximum absolute atomic E-state index is 10.3. The number of anilines is 1. The summed E-state index contributed by atoms with van der Waals surface area (Å²) >= 11 is 0. The summed E-state index contributed by atoms with van der Waals surface area (Å²) in [5, 5.41) is 3.85. The maximum atomic E-state index is 10.3. The fourth-order valence-electron chi connectivity index (χ4n) is 1.08. The van der Waals surface area contributed by atoms with Crippen molar-refractivity contribution in [3.05, 3.63) is 18.2 Å². The zero-order valence-electron chi connectivity index (χ0n) is 9.48. The summed E-state index contributed by atoms with van der Waals surface area (Å²) in [6, 6.07) is 5.27. The lowest BCUT2D eigenvalue weighted by Gasteiger charge is -2.08. The Bertz CT molecular complexity index is 402. The first-order chi connectivity index (χ1) is 7.71. The number of hydrogen-bond acceptors (Lipinski definition) is 5. The van der Waals surface area contributed by atoms with E-state index in [4.69, 9.17) is 9.47 Å². The molecule has 5 heteroatoms. The van der Waals surface area contributed by atoms with Crippen molar-refractivity contribution in [2.75, 3.05) is 19.6 Å². The Morgan fingerprint density at radius 3 is 2.56 bits per heavy atom. The molecule has 0 aliphatic rings. The van der Waals surface area contributed by atoms with Crippen LogP contribution in [0.4, 0.5) is 5.69 Å². The first kappa shape index (κ1) is 12.0. The third-order valence-electron chi connectivity index (χ3n) is 1.92. The average Bonchev–Trinajstić information content (AvgIpc) is 2.35. The Morgan fingerprint density at radius 2 is 2.00 bits per heavy atom. The van der Waals surface area contributed by atoms with Crippen LogP contribution < -0.4 is 14.9 Å². The maximum Gasteiger partial charge on any atom is 0.165 e. The SMILES string of the molecule is COc1ccc(N/N=C(/C)C=O)cc1OC. The van der Waals surface area contributed by atoms with Crippen molar-refractivity contribution in [1.29, 1.82) is 0 Å². The van der Waals surface area contributed by atoms with Gasteiger partial charge in [0.1, 0.15) is 0 Å². The van der Waals surface area contributed by atoms with E-state index in [1.807, 2.05) is 0 Å². The van der Waals surface area contributed by atoms with Gasteiger partial charge < -0.3 is 9.47 Å². The van der Waals surface area contributed by atoms with Crippen molar-refractivity contribution in [3.8, 4) is 11.5 Å². The number of ether oxygens (including phenoxy) is 2. The van der Waals surface area contributed by atoms with Gasteiger partial charge in [-0.2, -0.15) is 5.10 Å². The second-order valence-corrected chi connectivity index (χ2v) is 3.05. The highest BCUT2D eigenvalue weighted by Gasteiger charge is 2.03. The monoisotopic (exact) mass is 222 g/mol. The summed E-state index contributed by atoms with van der Waals surface area (Å²) in [6.45, 7) is 1.61. The van der Waals surface area contributed by atoms with Gasteiger partial charge in [-0.3, -0.25) is 10.2 Å². The molecule has 0 aliphatic heterocycles. The standard InChI is InChI=1S/C11H14N2O3/c1-8(7-14)12-13-9-4-5-10(15-2)11(6-9)16-3/h4-7,13H,1-3H3/b12-8-. The van der Waals surface area contributed by atoms with Gasteiger partial charge >= 0.3 is 0 Å². The molecular formula is C11H14N2O3. The number of methoxy groups -OCH3 is 2. The van der Waals surface area contributed by atoms with Crippen molar-refractivity contribution in [3.63, 3.8) is 0 Å². The average molecular weight is 222 g/mol. The molecule has 16 heavy (non-hydrogen) atoms. The van der Waals surface area contributed by atoms with Gasteiger partial charge in [-0.25, -0.2) is 0 Å². The van der Waals surface area contributed by atoms with Gasteiger partial charge in [0, 0.05) is 6.07 Å². The van der Waals surface area contributed by atoms with Crippen LogP contribution in [-0.4, -0.2) is 26.2 Å². The molecule has 1 rings (SSSR count). The van der Waals surface area contributed by atoms with Crippen molar-refractivity contribution in [2.24, 2.45) is 5.10 Å². The Hall–Kier alpha value is -2.04. The molecule has 86 valence electrons. The number of nitrogens with one attached hydrogen (secondary N) is 1. The van der Waals surface area contributed by atoms with Gasteiger partial charge in [0.25, 0.3) is 0 Å². The Morgan fingerprint density at radius 1 is 1.31 bits per heavy atom. The van der Waals surface area contributed by atoms with Crippen LogP contribution in [0.3, 0.4) is 0 Å². The molecule has 0 spiro atoms. The fraction of sp³-hybridized carbons (Fsp3) is 0.273. The minimum absolute atomic E-state index is 0.370. The summed E-state index contributed by atoms with van der Waals surface area (Å²) in [5.74, 6) is 1.25. The normalized spacial score (nSPS) is 10.8. The van der Waals surface area contributed by atoms with Crippen LogP contribution in [0.25, 0.3) is 0 Å². The van der Waals surface area contributed by atoms with E-state index >= 15 is 0 Å². The van der Waals surface area contributed by atoms with Crippen molar-refractivity contribution < 1.29 is 14.3 Å². The Balaban J connectivity index is 2.87. The molecule has 0 unspecified atom stereocenters. The summed E-state index contributed by atoms with van der Waals surface area (Å²) in [5.41, 5.74) is 3.83. The molecule has 0 bridgehead atoms. The zero-order valence-corrected chi connectivity index (χ0v) is 9.48. The van der Waals surface area contributed by atoms with Gasteiger partial charge in [0.05, 0.1) is 25.6 Å². The molecular weight excluding hydrogens is 208 g/mol. The number of rotatable bonds is 5. The minimum atomic E-state index is 0.370. The molecule has 0 atom stereocenters. The summed E-state index contributed by atoms with van der Waals surface area (Å²) < 4.78 is 10.2. The predicted molar refractivity (Wildman–Crippen MR) is 62.3 cm³/mol. The van der Waals surface area contributed by atoms with Crippen LogP contribution in [0.1, 0.15) is 6.92 Å². The number of benzene rings is 1. The predicted octanol–water partition coefficient (Wildman–Crippen LogP) is 1.69. The van der Waals surface area contributed by atoms with E-state index in [1.54, 1.807) is 39.3 Å². The van der Waals surface area contributed by atoms with E-state index in [0.29, 0.717) is 23.5 Å². The van der Waals surface area contributed by atoms with Crippen molar-refractivity contribution in [1.82, 2.24) is 0 Å². The molecule has 0 aliphatic carbocycles. The molecule has 0 radical (unpaired) electrons. The summed E-state index contributed by atoms with van der Waals surface area (Å²) in [4.78, 5) is 10.3. The number of nitrogens with zero attached hydrogens (tertiary/aromatic N) is 1. The Labute approximate surface area is 94.1 Å². The third-order valence-corrected chi connectivity index (χ3v) is 1.92. The quantitative estimate of drug-likeness (QED) is 0.468. The zero-order chi connectivity index (χ0) is 12.0. The third kappa shape index (κ3) is 2.98. The number of carbonyl (C=O) groups excluding carboxylic acids is 1. The molecule has 1 aromatic rings. The van der Waals surface area contributed by atoms with Gasteiger partial charge in [0.15, 0.2) is 17.8 Å². The van der Waals surface area contributed by atoms with Gasteiger partial charge in [-0.05, 0) is 19.1 Å². The van der Waals surface area contributed by atoms with Gasteiger partial charge in [0.2, 0.25) is 0 Å². The largest absolute Gasteiger partial charge is 0.493 e. The number of aldehydes is 1. The van der Waals surface area contributed by atoms with E-state index in [-0.39, 0.29) is 0 Å². The lowest BCUT2D eigenvalue weighted by Crippen LogP contribution is -1.99. The molecule has 0 saturated carbocycles. The molecule has 0 heterocycles. The van der Waals surface area contributed by atoms with Gasteiger partial charge in [-0.15, -0.1) is 0 Å². The van der Waals surface area contributed by atoms with Crippen LogP contribution in [0.15, 0.2) is 23.3 Å². The van der Waals surface area contributed by atoms with E-state index in [1.165, 1.54) is 0 Å². The molecule has 0 aromatic heterocycles. The smallest absolute Gasteiger partial charge is 0.165 e. The van der Waals surface area contributed by atoms with E-state index in [9.17, 15) is 4.79 Å². The molecule has 5 nitrogen and oxygen atoms in total. The number of hydrazone groups is 1. The van der Waals surface area contributed by atoms with Crippen LogP contribution in [0.2, 0.25) is 0 Å².